The molecule has 4 heteroatoms. The summed E-state index contributed by atoms with van der Waals surface area (Å²) in [4.78, 5) is 28.4. The minimum absolute atomic E-state index is 0.00736. The maximum Gasteiger partial charge on any atom is 0.168 e. The first-order valence-corrected chi connectivity index (χ1v) is 14.6. The second kappa shape index (κ2) is 9.05. The third-order valence-corrected chi connectivity index (χ3v) is 9.81. The van der Waals surface area contributed by atoms with E-state index in [0.717, 1.165) is 70.5 Å². The largest absolute Gasteiger partial charge is 0.294 e. The SMILES string of the molecule is CN1CC(c2ccccc2)C2(CCCC(=Cc3ccccc3)C2=O)C12c1ccccc1-c1nc3ccccc3nc12. The normalized spacial score (nSPS) is 26.2. The average Bonchev–Trinajstić information content (AvgIpc) is 3.45. The van der Waals surface area contributed by atoms with Crippen molar-refractivity contribution in [3.05, 3.63) is 137 Å². The molecule has 0 amide bonds. The van der Waals surface area contributed by atoms with Crippen LogP contribution in [0.25, 0.3) is 28.4 Å². The monoisotopic (exact) mass is 533 g/mol. The number of carbonyl (C=O) groups excluding carboxylic acids is 1. The van der Waals surface area contributed by atoms with Crippen LogP contribution >= 0.6 is 0 Å². The summed E-state index contributed by atoms with van der Waals surface area (Å²) in [6.45, 7) is 0.761. The van der Waals surface area contributed by atoms with Crippen molar-refractivity contribution in [2.45, 2.75) is 30.7 Å². The maximum atomic E-state index is 15.4. The summed E-state index contributed by atoms with van der Waals surface area (Å²) in [6.07, 6.45) is 4.66. The zero-order chi connectivity index (χ0) is 27.6. The first kappa shape index (κ1) is 24.4. The topological polar surface area (TPSA) is 46.1 Å². The molecule has 8 rings (SSSR count). The van der Waals surface area contributed by atoms with Gasteiger partial charge in [0.05, 0.1) is 27.8 Å². The number of likely N-dealkylation sites (tertiary alicyclic amines) is 1. The molecule has 2 aliphatic carbocycles. The van der Waals surface area contributed by atoms with Gasteiger partial charge in [0.15, 0.2) is 5.78 Å². The molecule has 2 fully saturated rings. The van der Waals surface area contributed by atoms with Crippen LogP contribution in [0.5, 0.6) is 0 Å². The number of hydrogen-bond donors (Lipinski definition) is 0. The number of hydrogen-bond acceptors (Lipinski definition) is 4. The molecule has 3 aliphatic rings. The van der Waals surface area contributed by atoms with Crippen molar-refractivity contribution in [3.63, 3.8) is 0 Å². The zero-order valence-corrected chi connectivity index (χ0v) is 23.1. The van der Waals surface area contributed by atoms with Crippen LogP contribution in [0.3, 0.4) is 0 Å². The van der Waals surface area contributed by atoms with Gasteiger partial charge >= 0.3 is 0 Å². The van der Waals surface area contributed by atoms with Crippen molar-refractivity contribution in [2.75, 3.05) is 13.6 Å². The smallest absolute Gasteiger partial charge is 0.168 e. The van der Waals surface area contributed by atoms with Gasteiger partial charge in [0, 0.05) is 18.0 Å². The molecule has 4 aromatic carbocycles. The van der Waals surface area contributed by atoms with Crippen LogP contribution < -0.4 is 0 Å². The third-order valence-electron chi connectivity index (χ3n) is 9.81. The van der Waals surface area contributed by atoms with Crippen LogP contribution in [0.4, 0.5) is 0 Å². The Morgan fingerprint density at radius 2 is 1.46 bits per heavy atom. The number of nitrogens with zero attached hydrogens (tertiary/aromatic N) is 3. The van der Waals surface area contributed by atoms with Gasteiger partial charge in [0.25, 0.3) is 0 Å². The number of aromatic nitrogens is 2. The fraction of sp³-hybridized carbons (Fsp3) is 0.216. The number of carbonyl (C=O) groups is 1. The fourth-order valence-electron chi connectivity index (χ4n) is 8.28. The number of rotatable bonds is 2. The summed E-state index contributed by atoms with van der Waals surface area (Å²) < 4.78 is 0. The summed E-state index contributed by atoms with van der Waals surface area (Å²) >= 11 is 0. The van der Waals surface area contributed by atoms with Gasteiger partial charge in [-0.15, -0.1) is 0 Å². The Labute approximate surface area is 240 Å². The van der Waals surface area contributed by atoms with E-state index in [2.05, 4.69) is 84.8 Å². The molecule has 200 valence electrons. The molecule has 41 heavy (non-hydrogen) atoms. The highest BCUT2D eigenvalue weighted by molar-refractivity contribution is 6.07. The van der Waals surface area contributed by atoms with Crippen molar-refractivity contribution in [3.8, 4) is 11.3 Å². The zero-order valence-electron chi connectivity index (χ0n) is 23.1. The predicted molar refractivity (Wildman–Crippen MR) is 163 cm³/mol. The van der Waals surface area contributed by atoms with Gasteiger partial charge in [-0.1, -0.05) is 97.1 Å². The molecule has 0 N–H and O–H groups in total. The van der Waals surface area contributed by atoms with Gasteiger partial charge < -0.3 is 0 Å². The second-order valence-electron chi connectivity index (χ2n) is 11.7. The van der Waals surface area contributed by atoms with E-state index in [1.165, 1.54) is 5.56 Å². The molecule has 1 saturated carbocycles. The van der Waals surface area contributed by atoms with Crippen LogP contribution in [-0.2, 0) is 10.3 Å². The third kappa shape index (κ3) is 3.22. The van der Waals surface area contributed by atoms with Gasteiger partial charge in [0.2, 0.25) is 0 Å². The van der Waals surface area contributed by atoms with Gasteiger partial charge in [-0.05, 0) is 66.8 Å². The molecule has 1 aliphatic heterocycles. The summed E-state index contributed by atoms with van der Waals surface area (Å²) in [6, 6.07) is 37.6. The molecule has 0 radical (unpaired) electrons. The lowest BCUT2D eigenvalue weighted by molar-refractivity contribution is -0.132. The molecule has 4 nitrogen and oxygen atoms in total. The summed E-state index contributed by atoms with van der Waals surface area (Å²) in [5, 5.41) is 0. The van der Waals surface area contributed by atoms with E-state index in [-0.39, 0.29) is 11.7 Å². The molecule has 5 aromatic rings. The van der Waals surface area contributed by atoms with Crippen molar-refractivity contribution in [2.24, 2.45) is 5.41 Å². The quantitative estimate of drug-likeness (QED) is 0.222. The Hall–Kier alpha value is -4.41. The standard InChI is InChI=1S/C37H31N3O/c1-40-24-30(26-15-6-3-7-16-26)36(22-12-17-27(35(36)41)23-25-13-4-2-5-14-25)37(40)29-19-9-8-18-28(29)33-34(37)39-32-21-11-10-20-31(32)38-33/h2-11,13-16,18-21,23,30H,12,17,22,24H2,1H3. The molecule has 0 bridgehead atoms. The van der Waals surface area contributed by atoms with Gasteiger partial charge in [-0.2, -0.15) is 0 Å². The van der Waals surface area contributed by atoms with Crippen molar-refractivity contribution in [1.82, 2.24) is 14.9 Å². The van der Waals surface area contributed by atoms with Gasteiger partial charge in [0.1, 0.15) is 5.54 Å². The Balaban J connectivity index is 1.46. The molecular formula is C37H31N3O. The predicted octanol–water partition coefficient (Wildman–Crippen LogP) is 7.41. The van der Waals surface area contributed by atoms with Crippen molar-refractivity contribution < 1.29 is 4.79 Å². The number of fused-ring (bicyclic) bond motifs is 7. The lowest BCUT2D eigenvalue weighted by Gasteiger charge is -2.50. The fourth-order valence-corrected chi connectivity index (χ4v) is 8.28. The Kier molecular flexibility index (Phi) is 5.38. The number of ketones is 1. The van der Waals surface area contributed by atoms with Crippen LogP contribution in [0.1, 0.15) is 47.6 Å². The van der Waals surface area contributed by atoms with Crippen LogP contribution in [-0.4, -0.2) is 34.2 Å². The first-order valence-electron chi connectivity index (χ1n) is 14.6. The number of para-hydroxylation sites is 2. The number of Topliss-reactive ketones (excluding diaryl/α,β-unsaturated/α-hetero) is 1. The van der Waals surface area contributed by atoms with E-state index in [9.17, 15) is 0 Å². The molecule has 1 aromatic heterocycles. The molecular weight excluding hydrogens is 502 g/mol. The van der Waals surface area contributed by atoms with Crippen LogP contribution in [0.2, 0.25) is 0 Å². The average molecular weight is 534 g/mol. The second-order valence-corrected chi connectivity index (χ2v) is 11.7. The number of allylic oxidation sites excluding steroid dienone is 1. The van der Waals surface area contributed by atoms with Crippen LogP contribution in [0.15, 0.2) is 115 Å². The maximum absolute atomic E-state index is 15.4. The summed E-state index contributed by atoms with van der Waals surface area (Å²) in [5.74, 6) is 0.261. The van der Waals surface area contributed by atoms with Gasteiger partial charge in [-0.3, -0.25) is 9.69 Å². The first-order chi connectivity index (χ1) is 20.1. The van der Waals surface area contributed by atoms with E-state index < -0.39 is 11.0 Å². The molecule has 1 saturated heterocycles. The van der Waals surface area contributed by atoms with Crippen molar-refractivity contribution in [1.29, 1.82) is 0 Å². The van der Waals surface area contributed by atoms with E-state index in [1.807, 2.05) is 42.5 Å². The van der Waals surface area contributed by atoms with Crippen molar-refractivity contribution >= 4 is 22.9 Å². The number of benzene rings is 4. The van der Waals surface area contributed by atoms with E-state index in [1.54, 1.807) is 0 Å². The highest BCUT2D eigenvalue weighted by Gasteiger charge is 2.72. The molecule has 2 heterocycles. The summed E-state index contributed by atoms with van der Waals surface area (Å²) in [5.41, 5.74) is 7.56. The minimum Gasteiger partial charge on any atom is -0.294 e. The van der Waals surface area contributed by atoms with Crippen LogP contribution in [0, 0.1) is 5.41 Å². The van der Waals surface area contributed by atoms with E-state index in [4.69, 9.17) is 9.97 Å². The highest BCUT2D eigenvalue weighted by Crippen LogP contribution is 2.69. The lowest BCUT2D eigenvalue weighted by Crippen LogP contribution is -2.56. The Bertz CT molecular complexity index is 1850. The minimum atomic E-state index is -0.736. The van der Waals surface area contributed by atoms with E-state index in [0.29, 0.717) is 0 Å². The van der Waals surface area contributed by atoms with Gasteiger partial charge in [-0.25, -0.2) is 9.97 Å². The molecule has 3 atom stereocenters. The van der Waals surface area contributed by atoms with E-state index >= 15 is 4.79 Å². The highest BCUT2D eigenvalue weighted by atomic mass is 16.1. The lowest BCUT2D eigenvalue weighted by atomic mass is 9.53. The number of likely N-dealkylation sites (N-methyl/N-ethyl adjacent to an activating group) is 1. The Morgan fingerprint density at radius 3 is 2.24 bits per heavy atom. The summed E-state index contributed by atoms with van der Waals surface area (Å²) in [7, 11) is 2.19. The molecule has 2 spiro atoms. The molecule has 3 unspecified atom stereocenters. The Morgan fingerprint density at radius 1 is 0.805 bits per heavy atom.